The van der Waals surface area contributed by atoms with Gasteiger partial charge in [-0.3, -0.25) is 4.79 Å². The van der Waals surface area contributed by atoms with Crippen LogP contribution in [0.5, 0.6) is 0 Å². The Labute approximate surface area is 170 Å². The zero-order valence-corrected chi connectivity index (χ0v) is 18.4. The second kappa shape index (κ2) is 15.4. The Balaban J connectivity index is 0. The van der Waals surface area contributed by atoms with Crippen LogP contribution in [0.15, 0.2) is 12.2 Å². The molecule has 0 heterocycles. The van der Waals surface area contributed by atoms with Crippen molar-refractivity contribution >= 4 is 16.0 Å². The number of hydrogen-bond acceptors (Lipinski definition) is 4. The molecule has 0 saturated heterocycles. The summed E-state index contributed by atoms with van der Waals surface area (Å²) >= 11 is 0. The minimum atomic E-state index is -4.50. The normalized spacial score (nSPS) is 12.3. The van der Waals surface area contributed by atoms with Crippen LogP contribution in [-0.4, -0.2) is 24.3 Å². The number of carbonyl (C=O) groups excluding carboxylic acids is 1. The van der Waals surface area contributed by atoms with Crippen LogP contribution in [0.4, 0.5) is 0 Å². The monoisotopic (exact) mass is 369 g/mol. The fourth-order valence-corrected chi connectivity index (χ4v) is 2.55. The van der Waals surface area contributed by atoms with Crippen molar-refractivity contribution in [3.8, 4) is 0 Å². The zero-order chi connectivity index (χ0) is 17.7. The molecule has 0 aliphatic rings. The molecule has 0 fully saturated rings. The number of rotatable bonds is 14. The Morgan fingerprint density at radius 3 is 1.83 bits per heavy atom. The van der Waals surface area contributed by atoms with Gasteiger partial charge >= 0.3 is 29.6 Å². The number of carbonyl (C=O) groups is 1. The molecule has 0 saturated carbocycles. The van der Waals surface area contributed by atoms with Crippen LogP contribution in [0.3, 0.4) is 0 Å². The van der Waals surface area contributed by atoms with Gasteiger partial charge in [0.2, 0.25) is 5.91 Å². The summed E-state index contributed by atoms with van der Waals surface area (Å²) in [6.07, 6.45) is 12.6. The van der Waals surface area contributed by atoms with Crippen LogP contribution in [-0.2, 0) is 14.9 Å². The molecule has 1 N–H and O–H groups in total. The molecule has 1 atom stereocenters. The minimum absolute atomic E-state index is 0. The zero-order valence-electron chi connectivity index (χ0n) is 15.6. The van der Waals surface area contributed by atoms with Gasteiger partial charge in [0.1, 0.15) is 15.5 Å². The van der Waals surface area contributed by atoms with Crippen molar-refractivity contribution in [2.24, 2.45) is 0 Å². The number of amides is 1. The van der Waals surface area contributed by atoms with Crippen molar-refractivity contribution in [3.63, 3.8) is 0 Å². The second-order valence-electron chi connectivity index (χ2n) is 6.14. The summed E-state index contributed by atoms with van der Waals surface area (Å²) in [4.78, 5) is 11.7. The summed E-state index contributed by atoms with van der Waals surface area (Å²) in [5.74, 6) is -0.548. The summed E-state index contributed by atoms with van der Waals surface area (Å²) in [5.41, 5.74) is 0.333. The van der Waals surface area contributed by atoms with Gasteiger partial charge in [-0.15, -0.1) is 0 Å². The Hall–Kier alpha value is 0.120. The van der Waals surface area contributed by atoms with Crippen LogP contribution in [0.1, 0.15) is 84.5 Å². The molecule has 24 heavy (non-hydrogen) atoms. The molecule has 0 aliphatic heterocycles. The van der Waals surface area contributed by atoms with Crippen molar-refractivity contribution in [2.75, 3.05) is 0 Å². The van der Waals surface area contributed by atoms with Crippen molar-refractivity contribution in [2.45, 2.75) is 89.9 Å². The van der Waals surface area contributed by atoms with E-state index in [0.717, 1.165) is 26.2 Å². The van der Waals surface area contributed by atoms with Gasteiger partial charge in [0.15, 0.2) is 0 Å². The molecule has 0 aromatic carbocycles. The maximum absolute atomic E-state index is 11.7. The van der Waals surface area contributed by atoms with Crippen LogP contribution < -0.4 is 34.9 Å². The molecule has 0 bridgehead atoms. The van der Waals surface area contributed by atoms with E-state index in [2.05, 4.69) is 18.8 Å². The molecule has 7 heteroatoms. The van der Waals surface area contributed by atoms with E-state index >= 15 is 0 Å². The summed E-state index contributed by atoms with van der Waals surface area (Å²) in [6, 6.07) is 0. The number of unbranched alkanes of at least 4 members (excludes halogenated alkanes) is 9. The van der Waals surface area contributed by atoms with Crippen LogP contribution in [0, 0.1) is 0 Å². The van der Waals surface area contributed by atoms with Gasteiger partial charge in [0.25, 0.3) is 0 Å². The topological polar surface area (TPSA) is 86.3 Å². The molecule has 0 rings (SSSR count). The maximum atomic E-state index is 11.7. The summed E-state index contributed by atoms with van der Waals surface area (Å²) in [7, 11) is -4.50. The van der Waals surface area contributed by atoms with Crippen molar-refractivity contribution in [1.82, 2.24) is 5.32 Å². The fraction of sp³-hybridized carbons (Fsp3) is 0.824. The molecular weight excluding hydrogens is 337 g/mol. The second-order valence-corrected chi connectivity index (χ2v) is 7.84. The van der Waals surface area contributed by atoms with Gasteiger partial charge in [0.05, 0.1) is 0 Å². The predicted octanol–water partition coefficient (Wildman–Crippen LogP) is 0.865. The number of hydrogen-bond donors (Lipinski definition) is 1. The number of nitrogens with one attached hydrogen (secondary N) is 1. The third-order valence-corrected chi connectivity index (χ3v) is 4.90. The van der Waals surface area contributed by atoms with Gasteiger partial charge in [-0.2, -0.15) is 0 Å². The van der Waals surface area contributed by atoms with Gasteiger partial charge in [-0.05, 0) is 19.8 Å². The Kier molecular flexibility index (Phi) is 16.9. The predicted molar refractivity (Wildman–Crippen MR) is 92.9 cm³/mol. The standard InChI is InChI=1S/C17H33NO4S.Na/c1-4-5-6-7-8-9-10-11-12-13-14-15(2)17(19)18-16(3)23(20,21)22;/h16H,2,4-14H2,1,3H3,(H,18,19)(H,20,21,22);/q;+1/p-1. The molecule has 0 aromatic rings. The summed E-state index contributed by atoms with van der Waals surface area (Å²) < 4.78 is 32.2. The van der Waals surface area contributed by atoms with Crippen molar-refractivity contribution in [3.05, 3.63) is 12.2 Å². The van der Waals surface area contributed by atoms with E-state index in [1.54, 1.807) is 0 Å². The molecule has 1 unspecified atom stereocenters. The van der Waals surface area contributed by atoms with E-state index in [9.17, 15) is 17.8 Å². The Bertz CT molecular complexity index is 452. The fourth-order valence-electron chi connectivity index (χ4n) is 2.30. The summed E-state index contributed by atoms with van der Waals surface area (Å²) in [6.45, 7) is 7.03. The molecular formula is C17H32NNaO4S. The van der Waals surface area contributed by atoms with Gasteiger partial charge in [-0.1, -0.05) is 71.3 Å². The first-order valence-corrected chi connectivity index (χ1v) is 10.2. The van der Waals surface area contributed by atoms with Crippen LogP contribution in [0.25, 0.3) is 0 Å². The van der Waals surface area contributed by atoms with E-state index in [-0.39, 0.29) is 29.6 Å². The summed E-state index contributed by atoms with van der Waals surface area (Å²) in [5, 5.41) is 0.749. The molecule has 1 amide bonds. The average Bonchev–Trinajstić information content (AvgIpc) is 2.47. The van der Waals surface area contributed by atoms with E-state index in [1.807, 2.05) is 0 Å². The van der Waals surface area contributed by atoms with E-state index in [0.29, 0.717) is 12.0 Å². The van der Waals surface area contributed by atoms with Gasteiger partial charge in [0, 0.05) is 5.57 Å². The van der Waals surface area contributed by atoms with E-state index in [4.69, 9.17) is 0 Å². The van der Waals surface area contributed by atoms with Crippen LogP contribution in [0.2, 0.25) is 0 Å². The maximum Gasteiger partial charge on any atom is 1.00 e. The quantitative estimate of drug-likeness (QED) is 0.213. The first kappa shape index (κ1) is 26.4. The first-order chi connectivity index (χ1) is 10.8. The SMILES string of the molecule is C=C(CCCCCCCCCCCC)C(=O)NC(C)S(=O)(=O)[O-].[Na+]. The minimum Gasteiger partial charge on any atom is -0.746 e. The van der Waals surface area contributed by atoms with E-state index < -0.39 is 21.4 Å². The molecule has 0 aliphatic carbocycles. The first-order valence-electron chi connectivity index (χ1n) is 8.72. The van der Waals surface area contributed by atoms with Crippen LogP contribution >= 0.6 is 0 Å². The smallest absolute Gasteiger partial charge is 0.746 e. The Morgan fingerprint density at radius 2 is 1.42 bits per heavy atom. The third kappa shape index (κ3) is 14.5. The molecule has 0 aromatic heterocycles. The van der Waals surface area contributed by atoms with Gasteiger partial charge in [-0.25, -0.2) is 8.42 Å². The molecule has 5 nitrogen and oxygen atoms in total. The Morgan fingerprint density at radius 1 is 1.00 bits per heavy atom. The van der Waals surface area contributed by atoms with E-state index in [1.165, 1.54) is 44.9 Å². The van der Waals surface area contributed by atoms with Crippen molar-refractivity contribution in [1.29, 1.82) is 0 Å². The largest absolute Gasteiger partial charge is 1.00 e. The third-order valence-electron chi connectivity index (χ3n) is 3.92. The molecule has 136 valence electrons. The van der Waals surface area contributed by atoms with Crippen molar-refractivity contribution < 1.29 is 47.3 Å². The van der Waals surface area contributed by atoms with Gasteiger partial charge < -0.3 is 9.87 Å². The molecule has 0 radical (unpaired) electrons. The average molecular weight is 370 g/mol. The molecule has 0 spiro atoms.